The predicted octanol–water partition coefficient (Wildman–Crippen LogP) is 3.50. The maximum Gasteiger partial charge on any atom is 0.280 e. The van der Waals surface area contributed by atoms with E-state index in [1.54, 1.807) is 36.9 Å². The van der Waals surface area contributed by atoms with Crippen molar-refractivity contribution >= 4 is 33.0 Å². The Morgan fingerprint density at radius 3 is 2.72 bits per heavy atom. The van der Waals surface area contributed by atoms with Crippen molar-refractivity contribution in [3.05, 3.63) is 47.6 Å². The third kappa shape index (κ3) is 7.08. The summed E-state index contributed by atoms with van der Waals surface area (Å²) in [7, 11) is -1.30. The van der Waals surface area contributed by atoms with Gasteiger partial charge >= 0.3 is 0 Å². The van der Waals surface area contributed by atoms with Crippen molar-refractivity contribution in [1.29, 1.82) is 0 Å². The molecule has 11 nitrogen and oxygen atoms in total. The molecule has 1 saturated carbocycles. The quantitative estimate of drug-likeness (QED) is 0.354. The van der Waals surface area contributed by atoms with Gasteiger partial charge in [0.2, 0.25) is 15.9 Å². The lowest BCUT2D eigenvalue weighted by Crippen LogP contribution is -2.35. The molecule has 0 radical (unpaired) electrons. The Bertz CT molecular complexity index is 1400. The number of aromatic nitrogens is 4. The zero-order valence-electron chi connectivity index (χ0n) is 22.0. The number of carbonyl (C=O) groups excluding carboxylic acids is 1. The minimum Gasteiger partial charge on any atom is -0.477 e. The summed E-state index contributed by atoms with van der Waals surface area (Å²) in [5.74, 6) is 0.503. The molecule has 1 aliphatic heterocycles. The number of sulfonamides is 1. The number of ether oxygens (including phenoxy) is 1. The maximum absolute atomic E-state index is 13.4. The number of hydrogen-bond donors (Lipinski definition) is 2. The fourth-order valence-electron chi connectivity index (χ4n) is 4.61. The highest BCUT2D eigenvalue weighted by Crippen LogP contribution is 2.32. The molecule has 2 fully saturated rings. The summed E-state index contributed by atoms with van der Waals surface area (Å²) in [4.78, 5) is 33.9. The third-order valence-corrected chi connectivity index (χ3v) is 9.82. The normalized spacial score (nSPS) is 17.5. The number of likely N-dealkylation sites (tertiary alicyclic amines) is 1. The van der Waals surface area contributed by atoms with Crippen LogP contribution >= 0.6 is 11.3 Å². The number of thiazole rings is 1. The van der Waals surface area contributed by atoms with E-state index in [0.29, 0.717) is 64.6 Å². The minimum atomic E-state index is -3.41. The number of pyridine rings is 1. The smallest absolute Gasteiger partial charge is 0.280 e. The molecule has 39 heavy (non-hydrogen) atoms. The Morgan fingerprint density at radius 1 is 1.18 bits per heavy atom. The van der Waals surface area contributed by atoms with E-state index in [4.69, 9.17) is 4.74 Å². The lowest BCUT2D eigenvalue weighted by atomic mass is 9.89. The summed E-state index contributed by atoms with van der Waals surface area (Å²) in [5, 5.41) is 3.09. The Hall–Kier alpha value is -3.16. The first-order valence-corrected chi connectivity index (χ1v) is 15.5. The van der Waals surface area contributed by atoms with Gasteiger partial charge in [0.1, 0.15) is 5.69 Å². The van der Waals surface area contributed by atoms with Crippen LogP contribution < -0.4 is 14.8 Å². The van der Waals surface area contributed by atoms with Crippen molar-refractivity contribution in [2.45, 2.75) is 50.3 Å². The molecular weight excluding hydrogens is 538 g/mol. The molecule has 3 aromatic heterocycles. The molecule has 3 aromatic rings. The fraction of sp³-hybridized carbons (Fsp3) is 0.500. The van der Waals surface area contributed by atoms with Gasteiger partial charge in [-0.2, -0.15) is 0 Å². The third-order valence-electron chi connectivity index (χ3n) is 6.93. The number of anilines is 1. The van der Waals surface area contributed by atoms with Gasteiger partial charge in [0, 0.05) is 12.4 Å². The number of hydrogen-bond acceptors (Lipinski definition) is 10. The second kappa shape index (κ2) is 11.9. The van der Waals surface area contributed by atoms with Crippen LogP contribution in [0.3, 0.4) is 0 Å². The molecule has 2 N–H and O–H groups in total. The van der Waals surface area contributed by atoms with Gasteiger partial charge < -0.3 is 15.0 Å². The summed E-state index contributed by atoms with van der Waals surface area (Å²) < 4.78 is 33.1. The molecule has 13 heteroatoms. The van der Waals surface area contributed by atoms with E-state index in [0.717, 1.165) is 25.9 Å². The summed E-state index contributed by atoms with van der Waals surface area (Å²) in [5.41, 5.74) is 1.65. The topological polar surface area (TPSA) is 139 Å². The first-order chi connectivity index (χ1) is 18.8. The first kappa shape index (κ1) is 27.4. The SMILES string of the molecule is CCOc1cncc(-c2cnc(C(=O)N[C@H](CC3CCN(C)CC3)c3cc(NS(=O)(=O)C4CC4)ccn3)s2)n1. The molecule has 0 spiro atoms. The zero-order chi connectivity index (χ0) is 27.4. The molecule has 5 rings (SSSR count). The van der Waals surface area contributed by atoms with Crippen molar-refractivity contribution in [3.63, 3.8) is 0 Å². The van der Waals surface area contributed by atoms with E-state index in [2.05, 4.69) is 41.9 Å². The number of carbonyl (C=O) groups is 1. The standard InChI is InChI=1S/C26H33N7O4S2/c1-3-37-24-16-27-14-22(30-24)23-15-29-26(38-23)25(34)31-21(12-17-7-10-33(2)11-8-17)20-13-18(6-9-28-20)32-39(35,36)19-4-5-19/h6,9,13-17,19,21H,3-5,7-8,10-12H2,1-2H3,(H,28,32)(H,31,34)/t21-/m1/s1. The Labute approximate surface area is 232 Å². The summed E-state index contributed by atoms with van der Waals surface area (Å²) in [6.45, 7) is 4.35. The van der Waals surface area contributed by atoms with Crippen LogP contribution in [-0.4, -0.2) is 71.2 Å². The highest BCUT2D eigenvalue weighted by molar-refractivity contribution is 7.93. The molecule has 1 amide bonds. The van der Waals surface area contributed by atoms with Crippen LogP contribution in [0.2, 0.25) is 0 Å². The van der Waals surface area contributed by atoms with Gasteiger partial charge in [-0.1, -0.05) is 0 Å². The van der Waals surface area contributed by atoms with E-state index >= 15 is 0 Å². The van der Waals surface area contributed by atoms with Gasteiger partial charge in [-0.15, -0.1) is 11.3 Å². The Kier molecular flexibility index (Phi) is 8.38. The van der Waals surface area contributed by atoms with Crippen LogP contribution in [0.15, 0.2) is 36.9 Å². The highest BCUT2D eigenvalue weighted by Gasteiger charge is 2.36. The number of amides is 1. The van der Waals surface area contributed by atoms with Crippen molar-refractivity contribution < 1.29 is 17.9 Å². The van der Waals surface area contributed by atoms with Crippen molar-refractivity contribution in [2.24, 2.45) is 5.92 Å². The lowest BCUT2D eigenvalue weighted by Gasteiger charge is -2.31. The van der Waals surface area contributed by atoms with Gasteiger partial charge in [0.25, 0.3) is 5.91 Å². The molecule has 2 aliphatic rings. The van der Waals surface area contributed by atoms with Crippen molar-refractivity contribution in [1.82, 2.24) is 30.2 Å². The molecule has 1 aliphatic carbocycles. The largest absolute Gasteiger partial charge is 0.477 e. The maximum atomic E-state index is 13.4. The number of nitrogens with one attached hydrogen (secondary N) is 2. The Balaban J connectivity index is 1.35. The zero-order valence-corrected chi connectivity index (χ0v) is 23.7. The van der Waals surface area contributed by atoms with Gasteiger partial charge in [0.15, 0.2) is 5.01 Å². The number of piperidine rings is 1. The molecule has 4 heterocycles. The van der Waals surface area contributed by atoms with Gasteiger partial charge in [-0.25, -0.2) is 18.4 Å². The fourth-order valence-corrected chi connectivity index (χ4v) is 6.77. The second-order valence-corrected chi connectivity index (χ2v) is 13.0. The first-order valence-electron chi connectivity index (χ1n) is 13.2. The van der Waals surface area contributed by atoms with Crippen LogP contribution in [0.5, 0.6) is 5.88 Å². The number of nitrogens with zero attached hydrogens (tertiary/aromatic N) is 5. The average molecular weight is 572 g/mol. The molecule has 1 saturated heterocycles. The predicted molar refractivity (Wildman–Crippen MR) is 149 cm³/mol. The summed E-state index contributed by atoms with van der Waals surface area (Å²) >= 11 is 1.23. The summed E-state index contributed by atoms with van der Waals surface area (Å²) in [6.07, 6.45) is 10.4. The van der Waals surface area contributed by atoms with Gasteiger partial charge in [-0.05, 0) is 77.2 Å². The second-order valence-electron chi connectivity index (χ2n) is 10.0. The molecule has 0 aromatic carbocycles. The van der Waals surface area contributed by atoms with E-state index < -0.39 is 16.1 Å². The molecule has 0 bridgehead atoms. The van der Waals surface area contributed by atoms with Crippen LogP contribution in [0.25, 0.3) is 10.6 Å². The van der Waals surface area contributed by atoms with Crippen LogP contribution in [0.4, 0.5) is 5.69 Å². The van der Waals surface area contributed by atoms with E-state index in [1.165, 1.54) is 11.3 Å². The Morgan fingerprint density at radius 2 is 1.97 bits per heavy atom. The monoisotopic (exact) mass is 571 g/mol. The van der Waals surface area contributed by atoms with Crippen LogP contribution in [-0.2, 0) is 10.0 Å². The van der Waals surface area contributed by atoms with E-state index in [1.807, 2.05) is 6.92 Å². The van der Waals surface area contributed by atoms with Crippen LogP contribution in [0, 0.1) is 5.92 Å². The van der Waals surface area contributed by atoms with Gasteiger partial charge in [-0.3, -0.25) is 19.5 Å². The molecule has 0 unspecified atom stereocenters. The van der Waals surface area contributed by atoms with Crippen molar-refractivity contribution in [3.8, 4) is 16.5 Å². The van der Waals surface area contributed by atoms with Crippen LogP contribution in [0.1, 0.15) is 60.6 Å². The highest BCUT2D eigenvalue weighted by atomic mass is 32.2. The van der Waals surface area contributed by atoms with Gasteiger partial charge in [0.05, 0.1) is 46.6 Å². The molecule has 208 valence electrons. The van der Waals surface area contributed by atoms with Crippen molar-refractivity contribution in [2.75, 3.05) is 31.5 Å². The average Bonchev–Trinajstić information content (AvgIpc) is 3.68. The lowest BCUT2D eigenvalue weighted by molar-refractivity contribution is 0.0923. The van der Waals surface area contributed by atoms with E-state index in [9.17, 15) is 13.2 Å². The summed E-state index contributed by atoms with van der Waals surface area (Å²) in [6, 6.07) is 2.97. The van der Waals surface area contributed by atoms with E-state index in [-0.39, 0.29) is 11.2 Å². The molecule has 1 atom stereocenters. The molecular formula is C26H33N7O4S2. The minimum absolute atomic E-state index is 0.299. The number of rotatable bonds is 11.